The Labute approximate surface area is 198 Å². The molecule has 33 heavy (non-hydrogen) atoms. The molecule has 0 aromatic heterocycles. The van der Waals surface area contributed by atoms with Crippen LogP contribution in [0.5, 0.6) is 5.75 Å². The predicted octanol–water partition coefficient (Wildman–Crippen LogP) is 4.64. The van der Waals surface area contributed by atoms with E-state index >= 15 is 0 Å². The summed E-state index contributed by atoms with van der Waals surface area (Å²) in [6.45, 7) is 4.59. The first-order valence-corrected chi connectivity index (χ1v) is 11.1. The molecule has 176 valence electrons. The lowest BCUT2D eigenvalue weighted by atomic mass is 9.95. The molecule has 0 spiro atoms. The molecule has 1 aliphatic heterocycles. The number of hydrogen-bond donors (Lipinski definition) is 1. The summed E-state index contributed by atoms with van der Waals surface area (Å²) in [7, 11) is 3.85. The van der Waals surface area contributed by atoms with Gasteiger partial charge in [-0.2, -0.15) is 0 Å². The lowest BCUT2D eigenvalue weighted by Crippen LogP contribution is -2.32. The molecular weight excluding hydrogens is 447 g/mol. The van der Waals surface area contributed by atoms with Gasteiger partial charge >= 0.3 is 0 Å². The topological polar surface area (TPSA) is 70.1 Å². The molecule has 0 unspecified atom stereocenters. The van der Waals surface area contributed by atoms with Crippen molar-refractivity contribution >= 4 is 29.1 Å². The first kappa shape index (κ1) is 24.7. The first-order chi connectivity index (χ1) is 15.6. The van der Waals surface area contributed by atoms with Crippen LogP contribution < -0.4 is 4.74 Å². The molecule has 0 radical (unpaired) electrons. The fourth-order valence-electron chi connectivity index (χ4n) is 3.81. The number of halogens is 2. The highest BCUT2D eigenvalue weighted by Gasteiger charge is 2.45. The molecule has 8 heteroatoms. The number of aliphatic hydroxyl groups is 1. The van der Waals surface area contributed by atoms with E-state index in [2.05, 4.69) is 0 Å². The van der Waals surface area contributed by atoms with Crippen molar-refractivity contribution in [2.24, 2.45) is 0 Å². The highest BCUT2D eigenvalue weighted by atomic mass is 35.5. The largest absolute Gasteiger partial charge is 0.507 e. The zero-order valence-corrected chi connectivity index (χ0v) is 19.9. The third kappa shape index (κ3) is 5.54. The van der Waals surface area contributed by atoms with Gasteiger partial charge in [-0.05, 0) is 76.8 Å². The summed E-state index contributed by atoms with van der Waals surface area (Å²) in [5.74, 6) is -2.56. The highest BCUT2D eigenvalue weighted by molar-refractivity contribution is 6.46. The minimum Gasteiger partial charge on any atom is -0.507 e. The third-order valence-corrected chi connectivity index (χ3v) is 5.55. The van der Waals surface area contributed by atoms with Crippen LogP contribution in [0.15, 0.2) is 48.0 Å². The molecule has 3 rings (SSSR count). The molecule has 1 saturated heterocycles. The number of ether oxygens (including phenoxy) is 1. The van der Waals surface area contributed by atoms with Crippen molar-refractivity contribution in [3.8, 4) is 5.75 Å². The molecule has 2 aromatic rings. The van der Waals surface area contributed by atoms with Gasteiger partial charge in [0, 0.05) is 17.1 Å². The van der Waals surface area contributed by atoms with Gasteiger partial charge < -0.3 is 19.6 Å². The van der Waals surface area contributed by atoms with Crippen LogP contribution in [0.4, 0.5) is 4.39 Å². The molecule has 1 heterocycles. The molecule has 1 amide bonds. The van der Waals surface area contributed by atoms with Gasteiger partial charge in [-0.15, -0.1) is 0 Å². The molecule has 6 nitrogen and oxygen atoms in total. The van der Waals surface area contributed by atoms with Crippen LogP contribution in [-0.4, -0.2) is 59.9 Å². The van der Waals surface area contributed by atoms with E-state index < -0.39 is 29.3 Å². The number of carbonyl (C=O) groups is 2. The third-order valence-electron chi connectivity index (χ3n) is 5.30. The molecule has 1 aliphatic rings. The Morgan fingerprint density at radius 1 is 1.18 bits per heavy atom. The number of amides is 1. The molecule has 1 N–H and O–H groups in total. The summed E-state index contributed by atoms with van der Waals surface area (Å²) in [5, 5.41) is 11.6. The van der Waals surface area contributed by atoms with Gasteiger partial charge in [0.25, 0.3) is 11.7 Å². The maximum absolute atomic E-state index is 14.6. The number of Topliss-reactive ketones (excluding diaryl/α,β-unsaturated/α-hetero) is 1. The average molecular weight is 475 g/mol. The van der Waals surface area contributed by atoms with Crippen molar-refractivity contribution in [1.29, 1.82) is 0 Å². The van der Waals surface area contributed by atoms with E-state index in [1.807, 2.05) is 19.0 Å². The molecular formula is C25H28ClFN2O4. The van der Waals surface area contributed by atoms with E-state index in [4.69, 9.17) is 16.3 Å². The smallest absolute Gasteiger partial charge is 0.295 e. The Hall–Kier alpha value is -2.90. The van der Waals surface area contributed by atoms with Crippen molar-refractivity contribution in [3.05, 3.63) is 70.0 Å². The van der Waals surface area contributed by atoms with Crippen molar-refractivity contribution in [2.45, 2.75) is 32.4 Å². The lowest BCUT2D eigenvalue weighted by molar-refractivity contribution is -0.139. The highest BCUT2D eigenvalue weighted by Crippen LogP contribution is 2.40. The summed E-state index contributed by atoms with van der Waals surface area (Å²) in [6, 6.07) is 9.91. The van der Waals surface area contributed by atoms with Gasteiger partial charge in [-0.3, -0.25) is 9.59 Å². The Kier molecular flexibility index (Phi) is 7.76. The van der Waals surface area contributed by atoms with E-state index in [1.54, 1.807) is 38.1 Å². The number of likely N-dealkylation sites (tertiary alicyclic amines) is 1. The fraction of sp³-hybridized carbons (Fsp3) is 0.360. The van der Waals surface area contributed by atoms with Gasteiger partial charge in [0.05, 0.1) is 17.7 Å². The van der Waals surface area contributed by atoms with E-state index in [0.717, 1.165) is 12.6 Å². The predicted molar refractivity (Wildman–Crippen MR) is 126 cm³/mol. The average Bonchev–Trinajstić information content (AvgIpc) is 2.99. The molecule has 0 bridgehead atoms. The van der Waals surface area contributed by atoms with Gasteiger partial charge in [0.1, 0.15) is 5.76 Å². The Balaban J connectivity index is 2.07. The van der Waals surface area contributed by atoms with Crippen molar-refractivity contribution in [2.75, 3.05) is 27.2 Å². The second-order valence-electron chi connectivity index (χ2n) is 8.51. The van der Waals surface area contributed by atoms with Crippen molar-refractivity contribution < 1.29 is 23.8 Å². The van der Waals surface area contributed by atoms with Crippen LogP contribution in [-0.2, 0) is 9.59 Å². The Morgan fingerprint density at radius 3 is 2.42 bits per heavy atom. The Bertz CT molecular complexity index is 1070. The summed E-state index contributed by atoms with van der Waals surface area (Å²) in [6.07, 6.45) is 0.413. The number of hydrogen-bond acceptors (Lipinski definition) is 5. The molecule has 2 aromatic carbocycles. The molecule has 0 saturated carbocycles. The number of benzene rings is 2. The van der Waals surface area contributed by atoms with E-state index in [0.29, 0.717) is 23.6 Å². The quantitative estimate of drug-likeness (QED) is 0.343. The minimum atomic E-state index is -0.806. The zero-order valence-electron chi connectivity index (χ0n) is 19.1. The van der Waals surface area contributed by atoms with Crippen LogP contribution in [0.3, 0.4) is 0 Å². The zero-order chi connectivity index (χ0) is 24.3. The summed E-state index contributed by atoms with van der Waals surface area (Å²) in [5.41, 5.74) is 0.642. The minimum absolute atomic E-state index is 0.0416. The summed E-state index contributed by atoms with van der Waals surface area (Å²) < 4.78 is 20.0. The van der Waals surface area contributed by atoms with Crippen LogP contribution >= 0.6 is 11.6 Å². The van der Waals surface area contributed by atoms with Crippen LogP contribution in [0.25, 0.3) is 5.76 Å². The van der Waals surface area contributed by atoms with Gasteiger partial charge in [-0.25, -0.2) is 4.39 Å². The van der Waals surface area contributed by atoms with E-state index in [9.17, 15) is 19.1 Å². The number of rotatable bonds is 8. The van der Waals surface area contributed by atoms with Crippen LogP contribution in [0, 0.1) is 5.82 Å². The molecule has 1 fully saturated rings. The number of carbonyl (C=O) groups excluding carboxylic acids is 2. The lowest BCUT2D eigenvalue weighted by Gasteiger charge is -2.26. The Morgan fingerprint density at radius 2 is 1.85 bits per heavy atom. The van der Waals surface area contributed by atoms with Gasteiger partial charge in [-0.1, -0.05) is 23.7 Å². The normalized spacial score (nSPS) is 17.9. The standard InChI is InChI=1S/C25H28ClFN2O4/c1-15(2)33-20-11-8-17(14-19(20)27)23(30)21-22(16-6-9-18(26)10-7-16)29(25(32)24(21)31)13-5-12-28(3)4/h6-11,14-15,22,30H,5,12-13H2,1-4H3/b23-21+/t22-/m1/s1. The van der Waals surface area contributed by atoms with E-state index in [-0.39, 0.29) is 23.0 Å². The van der Waals surface area contributed by atoms with E-state index in [1.165, 1.54) is 17.0 Å². The number of nitrogens with zero attached hydrogens (tertiary/aromatic N) is 2. The second kappa shape index (κ2) is 10.4. The molecule has 0 aliphatic carbocycles. The number of ketones is 1. The van der Waals surface area contributed by atoms with Crippen LogP contribution in [0.2, 0.25) is 5.02 Å². The van der Waals surface area contributed by atoms with Gasteiger partial charge in [0.15, 0.2) is 11.6 Å². The summed E-state index contributed by atoms with van der Waals surface area (Å²) in [4.78, 5) is 29.4. The summed E-state index contributed by atoms with van der Waals surface area (Å²) >= 11 is 6.03. The number of aliphatic hydroxyl groups excluding tert-OH is 1. The van der Waals surface area contributed by atoms with Crippen LogP contribution in [0.1, 0.15) is 37.4 Å². The second-order valence-corrected chi connectivity index (χ2v) is 8.95. The SMILES string of the molecule is CC(C)Oc1ccc(/C(O)=C2\C(=O)C(=O)N(CCCN(C)C)[C@@H]2c2ccc(Cl)cc2)cc1F. The maximum Gasteiger partial charge on any atom is 0.295 e. The maximum atomic E-state index is 14.6. The van der Waals surface area contributed by atoms with Gasteiger partial charge in [0.2, 0.25) is 0 Å². The molecule has 1 atom stereocenters. The monoisotopic (exact) mass is 474 g/mol. The fourth-order valence-corrected chi connectivity index (χ4v) is 3.94. The van der Waals surface area contributed by atoms with Crippen molar-refractivity contribution in [3.63, 3.8) is 0 Å². The van der Waals surface area contributed by atoms with Crippen molar-refractivity contribution in [1.82, 2.24) is 9.80 Å². The first-order valence-electron chi connectivity index (χ1n) is 10.7.